The molecule has 0 aliphatic carbocycles. The third-order valence-corrected chi connectivity index (χ3v) is 6.29. The van der Waals surface area contributed by atoms with Gasteiger partial charge < -0.3 is 19.5 Å². The molecule has 1 fully saturated rings. The topological polar surface area (TPSA) is 72.5 Å². The number of rotatable bonds is 6. The third-order valence-electron chi connectivity index (χ3n) is 6.29. The summed E-state index contributed by atoms with van der Waals surface area (Å²) < 4.78 is 101. The number of hydrogen-bond acceptors (Lipinski definition) is 6. The highest BCUT2D eigenvalue weighted by molar-refractivity contribution is 5.90. The molecule has 0 saturated carbocycles. The first kappa shape index (κ1) is 20.7. The number of benzene rings is 1. The first-order valence-electron chi connectivity index (χ1n) is 12.6. The summed E-state index contributed by atoms with van der Waals surface area (Å²) in [6.45, 7) is 0.811. The highest BCUT2D eigenvalue weighted by Crippen LogP contribution is 2.36. The minimum absolute atomic E-state index is 0.0530. The Morgan fingerprint density at radius 1 is 1.31 bits per heavy atom. The van der Waals surface area contributed by atoms with Gasteiger partial charge >= 0.3 is 0 Å². The number of hydrogen-bond donors (Lipinski definition) is 1. The van der Waals surface area contributed by atoms with Crippen LogP contribution in [0.15, 0.2) is 24.4 Å². The molecule has 1 aliphatic heterocycles. The Bertz CT molecular complexity index is 1540. The standard InChI is InChI=1S/C23H24F5N7O/c1-12-29-15-5-4-13(8-16(15)34(12)10-18(25)26)19-14(24)9-35-20(19)21(36-3)31-22(32-35)30-17-6-7-33(2)11-23(17,27)28/h4-5,8-9,17-18H,6-7,10-11H2,1-3H3,(H,30,32)/t17-/m1/s1/i3D3. The molecule has 0 unspecified atom stereocenters. The normalized spacial score (nSPS) is 20.0. The van der Waals surface area contributed by atoms with Gasteiger partial charge in [0.15, 0.2) is 5.82 Å². The lowest BCUT2D eigenvalue weighted by Crippen LogP contribution is -2.53. The molecule has 5 rings (SSSR count). The maximum absolute atomic E-state index is 15.4. The van der Waals surface area contributed by atoms with Crippen LogP contribution in [0, 0.1) is 12.7 Å². The fourth-order valence-electron chi connectivity index (χ4n) is 4.64. The predicted molar refractivity (Wildman–Crippen MR) is 123 cm³/mol. The zero-order chi connectivity index (χ0) is 28.3. The molecule has 1 atom stereocenters. The zero-order valence-electron chi connectivity index (χ0n) is 22.3. The van der Waals surface area contributed by atoms with E-state index in [0.29, 0.717) is 23.4 Å². The average Bonchev–Trinajstić information content (AvgIpc) is 3.29. The molecule has 192 valence electrons. The monoisotopic (exact) mass is 512 g/mol. The molecule has 0 spiro atoms. The van der Waals surface area contributed by atoms with E-state index in [9.17, 15) is 17.6 Å². The Hall–Kier alpha value is -3.48. The summed E-state index contributed by atoms with van der Waals surface area (Å²) in [5.41, 5.74) is 0.571. The van der Waals surface area contributed by atoms with Gasteiger partial charge in [0, 0.05) is 6.54 Å². The summed E-state index contributed by atoms with van der Waals surface area (Å²) in [5.74, 6) is -4.60. The fraction of sp³-hybridized carbons (Fsp3) is 0.435. The molecule has 0 radical (unpaired) electrons. The van der Waals surface area contributed by atoms with Crippen molar-refractivity contribution in [3.8, 4) is 17.0 Å². The van der Waals surface area contributed by atoms with E-state index in [1.165, 1.54) is 27.7 Å². The number of ether oxygens (including phenoxy) is 1. The number of imidazole rings is 1. The van der Waals surface area contributed by atoms with Crippen molar-refractivity contribution in [3.63, 3.8) is 0 Å². The average molecular weight is 513 g/mol. The molecule has 1 aliphatic rings. The summed E-state index contributed by atoms with van der Waals surface area (Å²) in [4.78, 5) is 9.77. The minimum atomic E-state index is -3.14. The molecular formula is C23H24F5N7O. The van der Waals surface area contributed by atoms with Crippen molar-refractivity contribution in [2.45, 2.75) is 38.3 Å². The van der Waals surface area contributed by atoms with Crippen LogP contribution < -0.4 is 10.1 Å². The summed E-state index contributed by atoms with van der Waals surface area (Å²) in [6, 6.07) is 3.10. The predicted octanol–water partition coefficient (Wildman–Crippen LogP) is 4.22. The number of piperidine rings is 1. The van der Waals surface area contributed by atoms with Gasteiger partial charge in [-0.25, -0.2) is 31.5 Å². The van der Waals surface area contributed by atoms with Crippen molar-refractivity contribution in [1.29, 1.82) is 0 Å². The van der Waals surface area contributed by atoms with Crippen LogP contribution in [0.3, 0.4) is 0 Å². The number of anilines is 1. The second-order valence-electron chi connectivity index (χ2n) is 8.84. The van der Waals surface area contributed by atoms with Gasteiger partial charge in [0.05, 0.1) is 53.1 Å². The number of aryl methyl sites for hydroxylation is 1. The molecule has 1 saturated heterocycles. The van der Waals surface area contributed by atoms with E-state index in [-0.39, 0.29) is 29.0 Å². The zero-order valence-corrected chi connectivity index (χ0v) is 19.3. The highest BCUT2D eigenvalue weighted by Gasteiger charge is 2.44. The molecule has 36 heavy (non-hydrogen) atoms. The van der Waals surface area contributed by atoms with Crippen molar-refractivity contribution < 1.29 is 30.8 Å². The second-order valence-corrected chi connectivity index (χ2v) is 8.84. The number of aromatic nitrogens is 5. The first-order valence-corrected chi connectivity index (χ1v) is 11.1. The van der Waals surface area contributed by atoms with Crippen molar-refractivity contribution in [2.24, 2.45) is 0 Å². The smallest absolute Gasteiger partial charge is 0.280 e. The summed E-state index contributed by atoms with van der Waals surface area (Å²) >= 11 is 0. The van der Waals surface area contributed by atoms with Gasteiger partial charge in [-0.3, -0.25) is 0 Å². The SMILES string of the molecule is [2H]C([2H])([2H])Oc1nc(N[C@@H]2CCN(C)CC2(F)F)nn2cc(F)c(-c3ccc4nc(C)n(CC(F)F)c4c3)c12. The van der Waals surface area contributed by atoms with Gasteiger partial charge in [0.1, 0.15) is 11.3 Å². The van der Waals surface area contributed by atoms with E-state index in [4.69, 9.17) is 8.85 Å². The van der Waals surface area contributed by atoms with Crippen LogP contribution in [-0.2, 0) is 6.54 Å². The molecule has 3 aromatic heterocycles. The largest absolute Gasteiger partial charge is 0.479 e. The summed E-state index contributed by atoms with van der Waals surface area (Å²) in [6.07, 6.45) is -1.67. The Labute approximate surface area is 206 Å². The van der Waals surface area contributed by atoms with Gasteiger partial charge in [0.2, 0.25) is 11.8 Å². The van der Waals surface area contributed by atoms with Crippen LogP contribution in [-0.4, -0.2) is 74.6 Å². The van der Waals surface area contributed by atoms with Crippen LogP contribution >= 0.6 is 0 Å². The van der Waals surface area contributed by atoms with Gasteiger partial charge in [-0.2, -0.15) is 4.98 Å². The fourth-order valence-corrected chi connectivity index (χ4v) is 4.64. The number of likely N-dealkylation sites (tertiary alicyclic amines) is 1. The number of fused-ring (bicyclic) bond motifs is 2. The van der Waals surface area contributed by atoms with Crippen molar-refractivity contribution in [1.82, 2.24) is 29.0 Å². The number of nitrogens with zero attached hydrogens (tertiary/aromatic N) is 6. The van der Waals surface area contributed by atoms with E-state index in [1.54, 1.807) is 14.0 Å². The number of methoxy groups -OCH3 is 1. The van der Waals surface area contributed by atoms with Crippen molar-refractivity contribution >= 4 is 22.5 Å². The second kappa shape index (κ2) is 8.87. The van der Waals surface area contributed by atoms with E-state index >= 15 is 4.39 Å². The third kappa shape index (κ3) is 4.21. The van der Waals surface area contributed by atoms with Crippen LogP contribution in [0.25, 0.3) is 27.7 Å². The highest BCUT2D eigenvalue weighted by atomic mass is 19.3. The lowest BCUT2D eigenvalue weighted by molar-refractivity contribution is -0.0675. The Balaban J connectivity index is 1.63. The number of halogens is 5. The van der Waals surface area contributed by atoms with E-state index in [2.05, 4.69) is 20.4 Å². The van der Waals surface area contributed by atoms with E-state index in [0.717, 1.165) is 10.7 Å². The molecular weight excluding hydrogens is 485 g/mol. The van der Waals surface area contributed by atoms with Gasteiger partial charge in [-0.1, -0.05) is 6.07 Å². The van der Waals surface area contributed by atoms with Gasteiger partial charge in [0.25, 0.3) is 12.3 Å². The Morgan fingerprint density at radius 3 is 2.83 bits per heavy atom. The molecule has 1 aromatic carbocycles. The maximum atomic E-state index is 15.4. The number of nitrogens with one attached hydrogen (secondary N) is 1. The van der Waals surface area contributed by atoms with Crippen LogP contribution in [0.5, 0.6) is 5.88 Å². The lowest BCUT2D eigenvalue weighted by atomic mass is 10.0. The van der Waals surface area contributed by atoms with Crippen LogP contribution in [0.4, 0.5) is 27.9 Å². The molecule has 4 aromatic rings. The van der Waals surface area contributed by atoms with Gasteiger partial charge in [-0.15, -0.1) is 5.10 Å². The summed E-state index contributed by atoms with van der Waals surface area (Å²) in [5, 5.41) is 6.64. The van der Waals surface area contributed by atoms with Crippen LogP contribution in [0.1, 0.15) is 16.4 Å². The van der Waals surface area contributed by atoms with E-state index < -0.39 is 50.2 Å². The quantitative estimate of drug-likeness (QED) is 0.390. The van der Waals surface area contributed by atoms with Gasteiger partial charge in [-0.05, 0) is 38.1 Å². The maximum Gasteiger partial charge on any atom is 0.280 e. The lowest BCUT2D eigenvalue weighted by Gasteiger charge is -2.36. The molecule has 0 bridgehead atoms. The molecule has 1 N–H and O–H groups in total. The Kier molecular flexibility index (Phi) is 5.10. The summed E-state index contributed by atoms with van der Waals surface area (Å²) in [7, 11) is -1.45. The van der Waals surface area contributed by atoms with Crippen LogP contribution in [0.2, 0.25) is 0 Å². The minimum Gasteiger partial charge on any atom is -0.479 e. The molecule has 4 heterocycles. The van der Waals surface area contributed by atoms with Crippen molar-refractivity contribution in [3.05, 3.63) is 36.0 Å². The molecule has 13 heteroatoms. The molecule has 8 nitrogen and oxygen atoms in total. The Morgan fingerprint density at radius 2 is 2.11 bits per heavy atom. The van der Waals surface area contributed by atoms with Crippen molar-refractivity contribution in [2.75, 3.05) is 32.5 Å². The molecule has 0 amide bonds. The number of alkyl halides is 4. The van der Waals surface area contributed by atoms with E-state index in [1.807, 2.05) is 0 Å². The first-order chi connectivity index (χ1) is 18.2.